The van der Waals surface area contributed by atoms with Crippen molar-refractivity contribution in [2.75, 3.05) is 13.7 Å². The summed E-state index contributed by atoms with van der Waals surface area (Å²) >= 11 is 0. The van der Waals surface area contributed by atoms with Crippen molar-refractivity contribution >= 4 is 5.91 Å². The number of carbonyl (C=O) groups is 1. The summed E-state index contributed by atoms with van der Waals surface area (Å²) in [5.41, 5.74) is 9.44. The van der Waals surface area contributed by atoms with Gasteiger partial charge in [-0.25, -0.2) is 0 Å². The molecule has 0 aliphatic heterocycles. The molecule has 0 fully saturated rings. The van der Waals surface area contributed by atoms with E-state index in [0.29, 0.717) is 18.9 Å². The Morgan fingerprint density at radius 2 is 1.62 bits per heavy atom. The highest BCUT2D eigenvalue weighted by Crippen LogP contribution is 2.17. The second-order valence-electron chi connectivity index (χ2n) is 6.26. The van der Waals surface area contributed by atoms with Crippen molar-refractivity contribution in [3.63, 3.8) is 0 Å². The van der Waals surface area contributed by atoms with Crippen LogP contribution in [0.2, 0.25) is 0 Å². The molecule has 0 radical (unpaired) electrons. The van der Waals surface area contributed by atoms with Crippen molar-refractivity contribution in [2.45, 2.75) is 32.2 Å². The Hall–Kier alpha value is -2.33. The Bertz CT molecular complexity index is 648. The maximum Gasteiger partial charge on any atom is 0.224 e. The molecule has 0 spiro atoms. The fourth-order valence-electron chi connectivity index (χ4n) is 2.46. The van der Waals surface area contributed by atoms with E-state index in [2.05, 4.69) is 31.3 Å². The molecule has 3 N–H and O–H groups in total. The largest absolute Gasteiger partial charge is 0.497 e. The summed E-state index contributed by atoms with van der Waals surface area (Å²) in [6, 6.07) is 15.6. The molecule has 2 aromatic rings. The summed E-state index contributed by atoms with van der Waals surface area (Å²) in [7, 11) is 1.62. The average Bonchev–Trinajstić information content (AvgIpc) is 2.60. The van der Waals surface area contributed by atoms with Crippen LogP contribution in [-0.4, -0.2) is 19.6 Å². The molecule has 1 unspecified atom stereocenters. The summed E-state index contributed by atoms with van der Waals surface area (Å²) in [4.78, 5) is 12.0. The zero-order chi connectivity index (χ0) is 17.5. The van der Waals surface area contributed by atoms with E-state index in [-0.39, 0.29) is 11.9 Å². The Morgan fingerprint density at radius 3 is 2.17 bits per heavy atom. The van der Waals surface area contributed by atoms with Crippen molar-refractivity contribution in [2.24, 2.45) is 5.73 Å². The highest BCUT2D eigenvalue weighted by Gasteiger charge is 2.09. The lowest BCUT2D eigenvalue weighted by atomic mass is 9.99. The molecule has 4 nitrogen and oxygen atoms in total. The smallest absolute Gasteiger partial charge is 0.224 e. The van der Waals surface area contributed by atoms with Crippen LogP contribution in [0.3, 0.4) is 0 Å². The summed E-state index contributed by atoms with van der Waals surface area (Å²) in [6.45, 7) is 4.75. The van der Waals surface area contributed by atoms with Gasteiger partial charge in [-0.1, -0.05) is 50.2 Å². The lowest BCUT2D eigenvalue weighted by Gasteiger charge is -2.14. The average molecular weight is 326 g/mol. The molecule has 1 atom stereocenters. The van der Waals surface area contributed by atoms with Crippen molar-refractivity contribution in [1.82, 2.24) is 5.32 Å². The van der Waals surface area contributed by atoms with Gasteiger partial charge in [0.15, 0.2) is 0 Å². The minimum atomic E-state index is -0.203. The molecule has 0 aliphatic carbocycles. The Kier molecular flexibility index (Phi) is 6.38. The first-order valence-corrected chi connectivity index (χ1v) is 8.24. The normalized spacial score (nSPS) is 12.0. The van der Waals surface area contributed by atoms with Crippen LogP contribution >= 0.6 is 0 Å². The number of methoxy groups -OCH3 is 1. The van der Waals surface area contributed by atoms with Crippen LogP contribution in [0.15, 0.2) is 48.5 Å². The lowest BCUT2D eigenvalue weighted by Crippen LogP contribution is -2.32. The van der Waals surface area contributed by atoms with E-state index in [1.54, 1.807) is 7.11 Å². The van der Waals surface area contributed by atoms with Crippen LogP contribution in [0.5, 0.6) is 5.75 Å². The number of benzene rings is 2. The topological polar surface area (TPSA) is 64.3 Å². The molecule has 0 bridgehead atoms. The minimum Gasteiger partial charge on any atom is -0.497 e. The predicted octanol–water partition coefficient (Wildman–Crippen LogP) is 3.18. The molecule has 0 saturated carbocycles. The summed E-state index contributed by atoms with van der Waals surface area (Å²) in [5, 5.41) is 2.90. The third kappa shape index (κ3) is 5.10. The molecule has 0 saturated heterocycles. The molecule has 0 heterocycles. The Balaban J connectivity index is 1.83. The predicted molar refractivity (Wildman–Crippen MR) is 97.2 cm³/mol. The number of nitrogens with one attached hydrogen (secondary N) is 1. The fourth-order valence-corrected chi connectivity index (χ4v) is 2.46. The van der Waals surface area contributed by atoms with Gasteiger partial charge in [0.1, 0.15) is 5.75 Å². The van der Waals surface area contributed by atoms with Gasteiger partial charge in [-0.2, -0.15) is 0 Å². The van der Waals surface area contributed by atoms with Gasteiger partial charge < -0.3 is 15.8 Å². The van der Waals surface area contributed by atoms with Gasteiger partial charge in [0, 0.05) is 12.6 Å². The van der Waals surface area contributed by atoms with Gasteiger partial charge in [0.2, 0.25) is 5.91 Å². The number of carbonyl (C=O) groups excluding carboxylic acids is 1. The Morgan fingerprint density at radius 1 is 1.04 bits per heavy atom. The molecule has 2 aromatic carbocycles. The fraction of sp³-hybridized carbons (Fsp3) is 0.350. The van der Waals surface area contributed by atoms with E-state index in [4.69, 9.17) is 10.5 Å². The van der Waals surface area contributed by atoms with Crippen molar-refractivity contribution in [3.05, 3.63) is 65.2 Å². The van der Waals surface area contributed by atoms with E-state index in [1.165, 1.54) is 5.56 Å². The minimum absolute atomic E-state index is 0.0329. The standard InChI is InChI=1S/C20H26N2O2/c1-14(2)16-6-8-17(9-7-16)19(21)13-22-20(23)12-15-4-10-18(24-3)11-5-15/h4-11,14,19H,12-13,21H2,1-3H3,(H,22,23). The van der Waals surface area contributed by atoms with Gasteiger partial charge in [-0.15, -0.1) is 0 Å². The number of hydrogen-bond acceptors (Lipinski definition) is 3. The van der Waals surface area contributed by atoms with E-state index in [9.17, 15) is 4.79 Å². The van der Waals surface area contributed by atoms with Gasteiger partial charge in [0.25, 0.3) is 0 Å². The highest BCUT2D eigenvalue weighted by molar-refractivity contribution is 5.78. The van der Waals surface area contributed by atoms with E-state index >= 15 is 0 Å². The quantitative estimate of drug-likeness (QED) is 0.821. The molecule has 24 heavy (non-hydrogen) atoms. The molecular formula is C20H26N2O2. The van der Waals surface area contributed by atoms with E-state index in [1.807, 2.05) is 36.4 Å². The first kappa shape index (κ1) is 18.0. The maximum absolute atomic E-state index is 12.0. The van der Waals surface area contributed by atoms with Crippen molar-refractivity contribution < 1.29 is 9.53 Å². The first-order chi connectivity index (χ1) is 11.5. The summed E-state index contributed by atoms with van der Waals surface area (Å²) < 4.78 is 5.11. The number of nitrogens with two attached hydrogens (primary N) is 1. The van der Waals surface area contributed by atoms with E-state index < -0.39 is 0 Å². The highest BCUT2D eigenvalue weighted by atomic mass is 16.5. The zero-order valence-electron chi connectivity index (χ0n) is 14.6. The molecule has 128 valence electrons. The molecule has 1 amide bonds. The molecule has 0 aromatic heterocycles. The Labute approximate surface area is 144 Å². The third-order valence-corrected chi connectivity index (χ3v) is 4.07. The summed E-state index contributed by atoms with van der Waals surface area (Å²) in [6.07, 6.45) is 0.336. The monoisotopic (exact) mass is 326 g/mol. The van der Waals surface area contributed by atoms with Crippen LogP contribution < -0.4 is 15.8 Å². The molecular weight excluding hydrogens is 300 g/mol. The van der Waals surface area contributed by atoms with Gasteiger partial charge >= 0.3 is 0 Å². The van der Waals surface area contributed by atoms with Crippen LogP contribution in [0.25, 0.3) is 0 Å². The second-order valence-corrected chi connectivity index (χ2v) is 6.26. The van der Waals surface area contributed by atoms with Gasteiger partial charge in [-0.3, -0.25) is 4.79 Å². The maximum atomic E-state index is 12.0. The number of amides is 1. The summed E-state index contributed by atoms with van der Waals surface area (Å²) in [5.74, 6) is 1.25. The van der Waals surface area contributed by atoms with Crippen molar-refractivity contribution in [3.8, 4) is 5.75 Å². The molecule has 2 rings (SSSR count). The van der Waals surface area contributed by atoms with Crippen LogP contribution in [-0.2, 0) is 11.2 Å². The SMILES string of the molecule is COc1ccc(CC(=O)NCC(N)c2ccc(C(C)C)cc2)cc1. The zero-order valence-corrected chi connectivity index (χ0v) is 14.6. The third-order valence-electron chi connectivity index (χ3n) is 4.07. The van der Waals surface area contributed by atoms with Crippen LogP contribution in [0.1, 0.15) is 42.5 Å². The second kappa shape index (κ2) is 8.50. The number of ether oxygens (including phenoxy) is 1. The van der Waals surface area contributed by atoms with Crippen LogP contribution in [0.4, 0.5) is 0 Å². The van der Waals surface area contributed by atoms with E-state index in [0.717, 1.165) is 16.9 Å². The lowest BCUT2D eigenvalue weighted by molar-refractivity contribution is -0.120. The first-order valence-electron chi connectivity index (χ1n) is 8.24. The van der Waals surface area contributed by atoms with Gasteiger partial charge in [-0.05, 0) is 34.7 Å². The molecule has 4 heteroatoms. The number of hydrogen-bond donors (Lipinski definition) is 2. The van der Waals surface area contributed by atoms with Crippen molar-refractivity contribution in [1.29, 1.82) is 0 Å². The number of rotatable bonds is 7. The van der Waals surface area contributed by atoms with Gasteiger partial charge in [0.05, 0.1) is 13.5 Å². The molecule has 0 aliphatic rings. The van der Waals surface area contributed by atoms with Crippen LogP contribution in [0, 0.1) is 0 Å².